The largest absolute Gasteiger partial charge is 0.573 e. The lowest BCUT2D eigenvalue weighted by Crippen LogP contribution is -2.19. The zero-order chi connectivity index (χ0) is 17.2. The van der Waals surface area contributed by atoms with Crippen molar-refractivity contribution >= 4 is 0 Å². The first-order valence-electron chi connectivity index (χ1n) is 7.66. The Balaban J connectivity index is 1.88. The summed E-state index contributed by atoms with van der Waals surface area (Å²) in [5.74, 6) is -0.278. The predicted molar refractivity (Wildman–Crippen MR) is 81.3 cm³/mol. The van der Waals surface area contributed by atoms with Crippen LogP contribution in [0.1, 0.15) is 24.4 Å². The monoisotopic (exact) mass is 341 g/mol. The minimum absolute atomic E-state index is 0.121. The van der Waals surface area contributed by atoms with Crippen LogP contribution >= 0.6 is 0 Å². The summed E-state index contributed by atoms with van der Waals surface area (Å²) >= 11 is 0. The zero-order valence-electron chi connectivity index (χ0n) is 12.9. The first-order chi connectivity index (χ1) is 11.4. The van der Waals surface area contributed by atoms with Gasteiger partial charge in [0.05, 0.1) is 12.2 Å². The van der Waals surface area contributed by atoms with Gasteiger partial charge < -0.3 is 15.2 Å². The molecule has 0 amide bonds. The fourth-order valence-electron chi connectivity index (χ4n) is 2.77. The fourth-order valence-corrected chi connectivity index (χ4v) is 2.77. The maximum absolute atomic E-state index is 12.5. The number of nitrogens with two attached hydrogens (primary N) is 1. The van der Waals surface area contributed by atoms with E-state index in [0.717, 1.165) is 18.4 Å². The second-order valence-electron chi connectivity index (χ2n) is 5.67. The average Bonchev–Trinajstić information content (AvgIpc) is 3.04. The van der Waals surface area contributed by atoms with Crippen LogP contribution in [0.3, 0.4) is 0 Å². The maximum Gasteiger partial charge on any atom is 0.573 e. The van der Waals surface area contributed by atoms with Gasteiger partial charge >= 0.3 is 6.36 Å². The van der Waals surface area contributed by atoms with Crippen LogP contribution in [-0.4, -0.2) is 29.4 Å². The van der Waals surface area contributed by atoms with Gasteiger partial charge in [-0.3, -0.25) is 4.68 Å². The molecule has 1 aliphatic heterocycles. The van der Waals surface area contributed by atoms with E-state index in [1.165, 1.54) is 12.1 Å². The predicted octanol–water partition coefficient (Wildman–Crippen LogP) is 3.26. The van der Waals surface area contributed by atoms with Crippen LogP contribution in [0.4, 0.5) is 13.2 Å². The van der Waals surface area contributed by atoms with Gasteiger partial charge in [-0.05, 0) is 42.2 Å². The lowest BCUT2D eigenvalue weighted by Gasteiger charge is -2.22. The summed E-state index contributed by atoms with van der Waals surface area (Å²) in [6.07, 6.45) is 0.473. The summed E-state index contributed by atoms with van der Waals surface area (Å²) in [5, 5.41) is 4.34. The molecule has 5 nitrogen and oxygen atoms in total. The van der Waals surface area contributed by atoms with Gasteiger partial charge in [0.1, 0.15) is 5.75 Å². The van der Waals surface area contributed by atoms with Crippen LogP contribution in [0.15, 0.2) is 30.6 Å². The molecule has 130 valence electrons. The quantitative estimate of drug-likeness (QED) is 0.927. The minimum atomic E-state index is -4.74. The van der Waals surface area contributed by atoms with Gasteiger partial charge in [-0.25, -0.2) is 0 Å². The highest BCUT2D eigenvalue weighted by Gasteiger charge is 2.31. The SMILES string of the molecule is NCc1cc(OC(F)(F)F)cc(-c2cnn(C3CCOCC3)c2)c1. The summed E-state index contributed by atoms with van der Waals surface area (Å²) in [6.45, 7) is 1.49. The number of ether oxygens (including phenoxy) is 2. The number of alkyl halides is 3. The highest BCUT2D eigenvalue weighted by molar-refractivity contribution is 5.65. The van der Waals surface area contributed by atoms with Crippen molar-refractivity contribution in [2.75, 3.05) is 13.2 Å². The Labute approximate surface area is 137 Å². The Morgan fingerprint density at radius 1 is 1.21 bits per heavy atom. The highest BCUT2D eigenvalue weighted by atomic mass is 19.4. The summed E-state index contributed by atoms with van der Waals surface area (Å²) in [5.41, 5.74) is 7.46. The Morgan fingerprint density at radius 3 is 2.62 bits per heavy atom. The van der Waals surface area contributed by atoms with Crippen LogP contribution in [0.25, 0.3) is 11.1 Å². The molecule has 1 aliphatic rings. The molecule has 8 heteroatoms. The zero-order valence-corrected chi connectivity index (χ0v) is 12.9. The van der Waals surface area contributed by atoms with Crippen LogP contribution in [0.5, 0.6) is 5.75 Å². The van der Waals surface area contributed by atoms with E-state index in [2.05, 4.69) is 9.84 Å². The molecule has 0 spiro atoms. The number of hydrogen-bond donors (Lipinski definition) is 1. The minimum Gasteiger partial charge on any atom is -0.406 e. The van der Waals surface area contributed by atoms with Crippen molar-refractivity contribution < 1.29 is 22.6 Å². The molecule has 0 atom stereocenters. The summed E-state index contributed by atoms with van der Waals surface area (Å²) in [6, 6.07) is 4.63. The lowest BCUT2D eigenvalue weighted by atomic mass is 10.1. The van der Waals surface area contributed by atoms with Crippen LogP contribution in [0.2, 0.25) is 0 Å². The number of aromatic nitrogens is 2. The Bertz CT molecular complexity index is 694. The fraction of sp³-hybridized carbons (Fsp3) is 0.438. The molecule has 0 radical (unpaired) electrons. The second kappa shape index (κ2) is 6.82. The van der Waals surface area contributed by atoms with Crippen molar-refractivity contribution in [3.63, 3.8) is 0 Å². The third-order valence-electron chi connectivity index (χ3n) is 3.94. The van der Waals surface area contributed by atoms with Crippen molar-refractivity contribution in [3.8, 4) is 16.9 Å². The molecule has 3 rings (SSSR count). The summed E-state index contributed by atoms with van der Waals surface area (Å²) in [7, 11) is 0. The Hall–Kier alpha value is -2.06. The first kappa shape index (κ1) is 16.8. The van der Waals surface area contributed by atoms with Gasteiger partial charge in [-0.15, -0.1) is 13.2 Å². The molecule has 2 heterocycles. The van der Waals surface area contributed by atoms with Gasteiger partial charge in [-0.1, -0.05) is 0 Å². The van der Waals surface area contributed by atoms with E-state index in [-0.39, 0.29) is 18.3 Å². The van der Waals surface area contributed by atoms with Crippen LogP contribution < -0.4 is 10.5 Å². The van der Waals surface area contributed by atoms with Gasteiger partial charge in [0.2, 0.25) is 0 Å². The average molecular weight is 341 g/mol. The van der Waals surface area contributed by atoms with E-state index in [1.807, 2.05) is 10.9 Å². The van der Waals surface area contributed by atoms with Gasteiger partial charge in [0, 0.05) is 31.5 Å². The molecular formula is C16H18F3N3O2. The maximum atomic E-state index is 12.5. The van der Waals surface area contributed by atoms with E-state index in [4.69, 9.17) is 10.5 Å². The molecule has 2 aromatic rings. The molecule has 0 unspecified atom stereocenters. The standard InChI is InChI=1S/C16H18F3N3O2/c17-16(18,19)24-15-6-11(8-20)5-12(7-15)13-9-21-22(10-13)14-1-3-23-4-2-14/h5-7,9-10,14H,1-4,8,20H2. The number of nitrogens with zero attached hydrogens (tertiary/aromatic N) is 2. The molecule has 1 aromatic carbocycles. The molecule has 0 bridgehead atoms. The molecule has 1 aromatic heterocycles. The Kier molecular flexibility index (Phi) is 4.77. The molecule has 0 aliphatic carbocycles. The highest BCUT2D eigenvalue weighted by Crippen LogP contribution is 2.31. The van der Waals surface area contributed by atoms with E-state index < -0.39 is 6.36 Å². The van der Waals surface area contributed by atoms with Crippen molar-refractivity contribution in [2.24, 2.45) is 5.73 Å². The smallest absolute Gasteiger partial charge is 0.406 e. The van der Waals surface area contributed by atoms with Crippen molar-refractivity contribution in [3.05, 3.63) is 36.2 Å². The van der Waals surface area contributed by atoms with E-state index in [1.54, 1.807) is 12.3 Å². The molecule has 1 fully saturated rings. The van der Waals surface area contributed by atoms with Crippen LogP contribution in [-0.2, 0) is 11.3 Å². The topological polar surface area (TPSA) is 62.3 Å². The van der Waals surface area contributed by atoms with Gasteiger partial charge in [-0.2, -0.15) is 5.10 Å². The molecule has 1 saturated heterocycles. The normalized spacial score (nSPS) is 16.3. The van der Waals surface area contributed by atoms with Gasteiger partial charge in [0.15, 0.2) is 0 Å². The van der Waals surface area contributed by atoms with Crippen molar-refractivity contribution in [1.29, 1.82) is 0 Å². The molecule has 24 heavy (non-hydrogen) atoms. The number of rotatable bonds is 4. The van der Waals surface area contributed by atoms with E-state index in [0.29, 0.717) is 24.3 Å². The molecule has 2 N–H and O–H groups in total. The number of halogens is 3. The van der Waals surface area contributed by atoms with Gasteiger partial charge in [0.25, 0.3) is 0 Å². The summed E-state index contributed by atoms with van der Waals surface area (Å²) in [4.78, 5) is 0. The third-order valence-corrected chi connectivity index (χ3v) is 3.94. The Morgan fingerprint density at radius 2 is 1.96 bits per heavy atom. The van der Waals surface area contributed by atoms with E-state index >= 15 is 0 Å². The molecule has 0 saturated carbocycles. The summed E-state index contributed by atoms with van der Waals surface area (Å²) < 4.78 is 48.6. The molecular weight excluding hydrogens is 323 g/mol. The second-order valence-corrected chi connectivity index (χ2v) is 5.67. The first-order valence-corrected chi connectivity index (χ1v) is 7.66. The number of hydrogen-bond acceptors (Lipinski definition) is 4. The van der Waals surface area contributed by atoms with E-state index in [9.17, 15) is 13.2 Å². The lowest BCUT2D eigenvalue weighted by molar-refractivity contribution is -0.274. The van der Waals surface area contributed by atoms with Crippen molar-refractivity contribution in [1.82, 2.24) is 9.78 Å². The number of benzene rings is 1. The third kappa shape index (κ3) is 4.07. The van der Waals surface area contributed by atoms with Crippen LogP contribution in [0, 0.1) is 0 Å². The van der Waals surface area contributed by atoms with Crippen molar-refractivity contribution in [2.45, 2.75) is 31.8 Å².